The summed E-state index contributed by atoms with van der Waals surface area (Å²) >= 11 is 0. The molecule has 110 valence electrons. The van der Waals surface area contributed by atoms with Gasteiger partial charge in [0.25, 0.3) is 0 Å². The van der Waals surface area contributed by atoms with Crippen LogP contribution in [0.1, 0.15) is 51.0 Å². The molecule has 1 saturated carbocycles. The van der Waals surface area contributed by atoms with E-state index in [-0.39, 0.29) is 11.2 Å². The van der Waals surface area contributed by atoms with Gasteiger partial charge in [-0.15, -0.1) is 0 Å². The van der Waals surface area contributed by atoms with Crippen LogP contribution in [0.2, 0.25) is 0 Å². The predicted molar refractivity (Wildman–Crippen MR) is 82.9 cm³/mol. The topological polar surface area (TPSA) is 21.3 Å². The number of hydrogen-bond acceptors (Lipinski definition) is 2. The molecule has 1 aromatic carbocycles. The van der Waals surface area contributed by atoms with Gasteiger partial charge in [-0.25, -0.2) is 0 Å². The molecule has 20 heavy (non-hydrogen) atoms. The average Bonchev–Trinajstić information content (AvgIpc) is 2.49. The number of nitrogens with one attached hydrogen (secondary N) is 1. The number of morpholine rings is 1. The zero-order valence-electron chi connectivity index (χ0n) is 12.7. The highest BCUT2D eigenvalue weighted by Crippen LogP contribution is 2.39. The Morgan fingerprint density at radius 1 is 1.05 bits per heavy atom. The van der Waals surface area contributed by atoms with Crippen molar-refractivity contribution in [2.45, 2.75) is 63.1 Å². The molecule has 0 radical (unpaired) electrons. The average molecular weight is 273 g/mol. The Hall–Kier alpha value is -0.860. The Kier molecular flexibility index (Phi) is 4.13. The van der Waals surface area contributed by atoms with Gasteiger partial charge in [-0.05, 0) is 24.8 Å². The van der Waals surface area contributed by atoms with E-state index in [0.717, 1.165) is 25.9 Å². The minimum atomic E-state index is -0.0169. The van der Waals surface area contributed by atoms with Crippen LogP contribution in [0.5, 0.6) is 0 Å². The third-order valence-electron chi connectivity index (χ3n) is 5.11. The predicted octanol–water partition coefficient (Wildman–Crippen LogP) is 3.70. The standard InChI is InChI=1S/C18H27NO/c1-2-17(13-16-9-5-3-6-10-16)14-19-15-18(20-17)11-7-4-8-12-18/h3,5-6,9-10,19H,2,4,7-8,11-15H2,1H3. The highest BCUT2D eigenvalue weighted by atomic mass is 16.5. The first kappa shape index (κ1) is 14.1. The molecule has 1 heterocycles. The van der Waals surface area contributed by atoms with E-state index in [2.05, 4.69) is 42.6 Å². The minimum absolute atomic E-state index is 0.0169. The maximum atomic E-state index is 6.79. The Bertz CT molecular complexity index is 419. The molecule has 2 fully saturated rings. The molecule has 1 aliphatic heterocycles. The molecule has 1 unspecified atom stereocenters. The second kappa shape index (κ2) is 5.87. The van der Waals surface area contributed by atoms with E-state index in [0.29, 0.717) is 0 Å². The van der Waals surface area contributed by atoms with E-state index >= 15 is 0 Å². The van der Waals surface area contributed by atoms with Crippen molar-refractivity contribution in [2.24, 2.45) is 0 Å². The van der Waals surface area contributed by atoms with E-state index in [1.54, 1.807) is 0 Å². The zero-order valence-corrected chi connectivity index (χ0v) is 12.7. The maximum absolute atomic E-state index is 6.79. The monoisotopic (exact) mass is 273 g/mol. The molecule has 1 atom stereocenters. The van der Waals surface area contributed by atoms with Gasteiger partial charge in [-0.3, -0.25) is 0 Å². The van der Waals surface area contributed by atoms with Gasteiger partial charge >= 0.3 is 0 Å². The van der Waals surface area contributed by atoms with Crippen LogP contribution in [-0.4, -0.2) is 24.3 Å². The second-order valence-corrected chi connectivity index (χ2v) is 6.65. The zero-order chi connectivity index (χ0) is 13.9. The van der Waals surface area contributed by atoms with E-state index in [9.17, 15) is 0 Å². The molecule has 1 aliphatic carbocycles. The van der Waals surface area contributed by atoms with Crippen LogP contribution in [0.3, 0.4) is 0 Å². The van der Waals surface area contributed by atoms with Crippen molar-refractivity contribution in [3.63, 3.8) is 0 Å². The summed E-state index contributed by atoms with van der Waals surface area (Å²) in [6.07, 6.45) is 8.60. The second-order valence-electron chi connectivity index (χ2n) is 6.65. The molecule has 1 spiro atoms. The highest BCUT2D eigenvalue weighted by Gasteiger charge is 2.45. The number of ether oxygens (including phenoxy) is 1. The Labute approximate surface area is 122 Å². The van der Waals surface area contributed by atoms with Crippen molar-refractivity contribution >= 4 is 0 Å². The molecule has 0 bridgehead atoms. The molecule has 1 N–H and O–H groups in total. The third kappa shape index (κ3) is 2.91. The summed E-state index contributed by atoms with van der Waals surface area (Å²) in [5, 5.41) is 3.68. The van der Waals surface area contributed by atoms with Gasteiger partial charge in [-0.1, -0.05) is 56.5 Å². The number of hydrogen-bond donors (Lipinski definition) is 1. The summed E-state index contributed by atoms with van der Waals surface area (Å²) in [5.41, 5.74) is 1.49. The molecule has 0 amide bonds. The summed E-state index contributed by atoms with van der Waals surface area (Å²) < 4.78 is 6.79. The lowest BCUT2D eigenvalue weighted by atomic mass is 9.80. The van der Waals surface area contributed by atoms with Crippen LogP contribution < -0.4 is 5.32 Å². The summed E-state index contributed by atoms with van der Waals surface area (Å²) in [7, 11) is 0. The lowest BCUT2D eigenvalue weighted by molar-refractivity contribution is -0.192. The van der Waals surface area contributed by atoms with Crippen molar-refractivity contribution in [3.05, 3.63) is 35.9 Å². The van der Waals surface area contributed by atoms with Gasteiger partial charge < -0.3 is 10.1 Å². The third-order valence-corrected chi connectivity index (χ3v) is 5.11. The number of benzene rings is 1. The number of rotatable bonds is 3. The molecular formula is C18H27NO. The van der Waals surface area contributed by atoms with Crippen LogP contribution in [0.15, 0.2) is 30.3 Å². The largest absolute Gasteiger partial charge is 0.366 e. The van der Waals surface area contributed by atoms with Crippen molar-refractivity contribution < 1.29 is 4.74 Å². The molecule has 2 aliphatic rings. The fraction of sp³-hybridized carbons (Fsp3) is 0.667. The molecule has 3 rings (SSSR count). The van der Waals surface area contributed by atoms with Crippen molar-refractivity contribution in [1.29, 1.82) is 0 Å². The van der Waals surface area contributed by atoms with E-state index < -0.39 is 0 Å². The van der Waals surface area contributed by atoms with Crippen LogP contribution in [0, 0.1) is 0 Å². The summed E-state index contributed by atoms with van der Waals surface area (Å²) in [6, 6.07) is 10.8. The maximum Gasteiger partial charge on any atom is 0.0851 e. The van der Waals surface area contributed by atoms with Gasteiger partial charge in [-0.2, -0.15) is 0 Å². The fourth-order valence-corrected chi connectivity index (χ4v) is 3.91. The van der Waals surface area contributed by atoms with Gasteiger partial charge in [0.2, 0.25) is 0 Å². The molecule has 0 aromatic heterocycles. The first-order valence-corrected chi connectivity index (χ1v) is 8.21. The normalized spacial score (nSPS) is 29.4. The first-order valence-electron chi connectivity index (χ1n) is 8.21. The molecule has 2 heteroatoms. The van der Waals surface area contributed by atoms with Gasteiger partial charge in [0.15, 0.2) is 0 Å². The molecular weight excluding hydrogens is 246 g/mol. The summed E-state index contributed by atoms with van der Waals surface area (Å²) in [4.78, 5) is 0. The van der Waals surface area contributed by atoms with Crippen LogP contribution in [0.4, 0.5) is 0 Å². The fourth-order valence-electron chi connectivity index (χ4n) is 3.91. The van der Waals surface area contributed by atoms with E-state index in [1.807, 2.05) is 0 Å². The molecule has 1 aromatic rings. The molecule has 2 nitrogen and oxygen atoms in total. The van der Waals surface area contributed by atoms with Crippen molar-refractivity contribution in [2.75, 3.05) is 13.1 Å². The summed E-state index contributed by atoms with van der Waals surface area (Å²) in [6.45, 7) is 4.30. The SMILES string of the molecule is CCC1(Cc2ccccc2)CNCC2(CCCCC2)O1. The van der Waals surface area contributed by atoms with Crippen molar-refractivity contribution in [1.82, 2.24) is 5.32 Å². The van der Waals surface area contributed by atoms with Crippen LogP contribution in [0.25, 0.3) is 0 Å². The highest BCUT2D eigenvalue weighted by molar-refractivity contribution is 5.18. The Morgan fingerprint density at radius 3 is 2.50 bits per heavy atom. The Balaban J connectivity index is 1.77. The van der Waals surface area contributed by atoms with E-state index in [4.69, 9.17) is 4.74 Å². The van der Waals surface area contributed by atoms with Gasteiger partial charge in [0, 0.05) is 19.5 Å². The van der Waals surface area contributed by atoms with Crippen molar-refractivity contribution in [3.8, 4) is 0 Å². The van der Waals surface area contributed by atoms with Gasteiger partial charge in [0.1, 0.15) is 0 Å². The van der Waals surface area contributed by atoms with Crippen LogP contribution in [-0.2, 0) is 11.2 Å². The van der Waals surface area contributed by atoms with Gasteiger partial charge in [0.05, 0.1) is 11.2 Å². The lowest BCUT2D eigenvalue weighted by Crippen LogP contribution is -2.61. The Morgan fingerprint density at radius 2 is 1.80 bits per heavy atom. The lowest BCUT2D eigenvalue weighted by Gasteiger charge is -2.50. The first-order chi connectivity index (χ1) is 9.76. The molecule has 1 saturated heterocycles. The summed E-state index contributed by atoms with van der Waals surface area (Å²) in [5.74, 6) is 0. The van der Waals surface area contributed by atoms with Crippen LogP contribution >= 0.6 is 0 Å². The minimum Gasteiger partial charge on any atom is -0.366 e. The quantitative estimate of drug-likeness (QED) is 0.906. The van der Waals surface area contributed by atoms with E-state index in [1.165, 1.54) is 37.7 Å². The smallest absolute Gasteiger partial charge is 0.0851 e.